The Morgan fingerprint density at radius 2 is 1.90 bits per heavy atom. The minimum atomic E-state index is -0.587. The number of carbonyl (C=O) groups is 3. The SMILES string of the molecule is O=C1CCC(N2Cc3c(CNc4cccc5c4CNCC5)cccc3C2=O)C(=O)N1. The molecule has 1 atom stereocenters. The Labute approximate surface area is 174 Å². The van der Waals surface area contributed by atoms with Crippen LogP contribution in [-0.2, 0) is 35.6 Å². The third-order valence-electron chi connectivity index (χ3n) is 6.29. The van der Waals surface area contributed by atoms with Crippen molar-refractivity contribution in [3.63, 3.8) is 0 Å². The van der Waals surface area contributed by atoms with Gasteiger partial charge in [0.1, 0.15) is 6.04 Å². The average Bonchev–Trinajstić information content (AvgIpc) is 3.09. The molecule has 154 valence electrons. The number of hydrogen-bond donors (Lipinski definition) is 3. The molecule has 3 N–H and O–H groups in total. The van der Waals surface area contributed by atoms with E-state index in [0.29, 0.717) is 25.1 Å². The second kappa shape index (κ2) is 7.57. The third-order valence-corrected chi connectivity index (χ3v) is 6.29. The molecule has 2 aromatic rings. The van der Waals surface area contributed by atoms with Crippen LogP contribution in [0.4, 0.5) is 5.69 Å². The average molecular weight is 404 g/mol. The number of fused-ring (bicyclic) bond motifs is 2. The summed E-state index contributed by atoms with van der Waals surface area (Å²) in [6.07, 6.45) is 1.67. The number of carbonyl (C=O) groups excluding carboxylic acids is 3. The fourth-order valence-electron chi connectivity index (χ4n) is 4.69. The van der Waals surface area contributed by atoms with Gasteiger partial charge in [0, 0.05) is 37.3 Å². The van der Waals surface area contributed by atoms with Crippen molar-refractivity contribution >= 4 is 23.4 Å². The molecule has 3 amide bonds. The minimum Gasteiger partial charge on any atom is -0.381 e. The van der Waals surface area contributed by atoms with E-state index >= 15 is 0 Å². The molecule has 1 saturated heterocycles. The fourth-order valence-corrected chi connectivity index (χ4v) is 4.69. The molecule has 30 heavy (non-hydrogen) atoms. The number of amides is 3. The highest BCUT2D eigenvalue weighted by molar-refractivity contribution is 6.05. The predicted octanol–water partition coefficient (Wildman–Crippen LogP) is 1.71. The van der Waals surface area contributed by atoms with E-state index in [0.717, 1.165) is 36.3 Å². The number of rotatable bonds is 4. The highest BCUT2D eigenvalue weighted by Gasteiger charge is 2.39. The molecule has 0 bridgehead atoms. The maximum atomic E-state index is 13.0. The molecule has 1 unspecified atom stereocenters. The van der Waals surface area contributed by atoms with Crippen LogP contribution in [0.2, 0.25) is 0 Å². The fraction of sp³-hybridized carbons (Fsp3) is 0.348. The standard InChI is InChI=1S/C23H24N4O3/c28-21-8-7-20(22(29)26-21)27-13-18-15(4-1-5-16(18)23(27)30)11-25-19-6-2-3-14-9-10-24-12-17(14)19/h1-6,20,24-25H,7-13H2,(H,26,28,29). The van der Waals surface area contributed by atoms with E-state index in [1.165, 1.54) is 11.1 Å². The van der Waals surface area contributed by atoms with Crippen LogP contribution in [0, 0.1) is 0 Å². The summed E-state index contributed by atoms with van der Waals surface area (Å²) in [6, 6.07) is 11.5. The topological polar surface area (TPSA) is 90.5 Å². The lowest BCUT2D eigenvalue weighted by molar-refractivity contribution is -0.136. The third kappa shape index (κ3) is 3.25. The smallest absolute Gasteiger partial charge is 0.255 e. The summed E-state index contributed by atoms with van der Waals surface area (Å²) in [5.41, 5.74) is 6.45. The summed E-state index contributed by atoms with van der Waals surface area (Å²) < 4.78 is 0. The second-order valence-electron chi connectivity index (χ2n) is 8.07. The number of nitrogens with zero attached hydrogens (tertiary/aromatic N) is 1. The highest BCUT2D eigenvalue weighted by atomic mass is 16.2. The monoisotopic (exact) mass is 404 g/mol. The van der Waals surface area contributed by atoms with Gasteiger partial charge in [-0.25, -0.2) is 0 Å². The molecule has 5 rings (SSSR count). The first-order valence-corrected chi connectivity index (χ1v) is 10.4. The molecule has 1 fully saturated rings. The minimum absolute atomic E-state index is 0.136. The molecule has 0 aromatic heterocycles. The van der Waals surface area contributed by atoms with Gasteiger partial charge < -0.3 is 15.5 Å². The van der Waals surface area contributed by atoms with E-state index < -0.39 is 6.04 Å². The van der Waals surface area contributed by atoms with Crippen molar-refractivity contribution in [3.8, 4) is 0 Å². The molecule has 0 spiro atoms. The second-order valence-corrected chi connectivity index (χ2v) is 8.07. The summed E-state index contributed by atoms with van der Waals surface area (Å²) in [5.74, 6) is -0.788. The summed E-state index contributed by atoms with van der Waals surface area (Å²) in [4.78, 5) is 38.3. The van der Waals surface area contributed by atoms with Gasteiger partial charge in [0.25, 0.3) is 5.91 Å². The van der Waals surface area contributed by atoms with Crippen LogP contribution in [0.25, 0.3) is 0 Å². The molecular weight excluding hydrogens is 380 g/mol. The van der Waals surface area contributed by atoms with E-state index in [4.69, 9.17) is 0 Å². The van der Waals surface area contributed by atoms with E-state index in [2.05, 4.69) is 34.1 Å². The molecule has 7 heteroatoms. The van der Waals surface area contributed by atoms with E-state index in [1.54, 1.807) is 4.90 Å². The number of hydrogen-bond acceptors (Lipinski definition) is 5. The maximum Gasteiger partial charge on any atom is 0.255 e. The van der Waals surface area contributed by atoms with Crippen LogP contribution >= 0.6 is 0 Å². The van der Waals surface area contributed by atoms with Gasteiger partial charge in [0.15, 0.2) is 0 Å². The van der Waals surface area contributed by atoms with Crippen LogP contribution < -0.4 is 16.0 Å². The summed E-state index contributed by atoms with van der Waals surface area (Å²) >= 11 is 0. The number of nitrogens with one attached hydrogen (secondary N) is 3. The Bertz CT molecular complexity index is 1050. The lowest BCUT2D eigenvalue weighted by atomic mass is 9.98. The van der Waals surface area contributed by atoms with Crippen molar-refractivity contribution in [3.05, 3.63) is 64.2 Å². The van der Waals surface area contributed by atoms with Crippen molar-refractivity contribution < 1.29 is 14.4 Å². The summed E-state index contributed by atoms with van der Waals surface area (Å²) in [7, 11) is 0. The van der Waals surface area contributed by atoms with Crippen LogP contribution in [0.3, 0.4) is 0 Å². The Balaban J connectivity index is 1.36. The summed E-state index contributed by atoms with van der Waals surface area (Å²) in [6.45, 7) is 2.86. The maximum absolute atomic E-state index is 13.0. The zero-order chi connectivity index (χ0) is 20.7. The largest absolute Gasteiger partial charge is 0.381 e. The van der Waals surface area contributed by atoms with Gasteiger partial charge in [0.05, 0.1) is 0 Å². The molecule has 3 heterocycles. The van der Waals surface area contributed by atoms with Crippen LogP contribution in [0.1, 0.15) is 45.5 Å². The van der Waals surface area contributed by atoms with Crippen molar-refractivity contribution in [1.82, 2.24) is 15.5 Å². The van der Waals surface area contributed by atoms with E-state index in [1.807, 2.05) is 18.2 Å². The van der Waals surface area contributed by atoms with Gasteiger partial charge in [-0.2, -0.15) is 0 Å². The Kier molecular flexibility index (Phi) is 4.75. The van der Waals surface area contributed by atoms with Gasteiger partial charge in [-0.05, 0) is 53.8 Å². The van der Waals surface area contributed by atoms with Gasteiger partial charge in [0.2, 0.25) is 11.8 Å². The summed E-state index contributed by atoms with van der Waals surface area (Å²) in [5, 5.41) is 9.33. The normalized spacial score (nSPS) is 20.6. The van der Waals surface area contributed by atoms with Crippen molar-refractivity contribution in [2.75, 3.05) is 11.9 Å². The number of piperidine rings is 1. The first-order chi connectivity index (χ1) is 14.6. The van der Waals surface area contributed by atoms with Crippen molar-refractivity contribution in [2.45, 2.75) is 44.9 Å². The molecule has 0 radical (unpaired) electrons. The lowest BCUT2D eigenvalue weighted by Gasteiger charge is -2.29. The molecule has 3 aliphatic heterocycles. The van der Waals surface area contributed by atoms with Gasteiger partial charge >= 0.3 is 0 Å². The number of imide groups is 1. The van der Waals surface area contributed by atoms with Gasteiger partial charge in [-0.15, -0.1) is 0 Å². The molecule has 0 saturated carbocycles. The Morgan fingerprint density at radius 3 is 2.77 bits per heavy atom. The first kappa shape index (κ1) is 18.8. The molecule has 3 aliphatic rings. The van der Waals surface area contributed by atoms with Crippen LogP contribution in [0.5, 0.6) is 0 Å². The van der Waals surface area contributed by atoms with Gasteiger partial charge in [-0.3, -0.25) is 19.7 Å². The zero-order valence-electron chi connectivity index (χ0n) is 16.7. The highest BCUT2D eigenvalue weighted by Crippen LogP contribution is 2.31. The van der Waals surface area contributed by atoms with Crippen LogP contribution in [-0.4, -0.2) is 35.2 Å². The lowest BCUT2D eigenvalue weighted by Crippen LogP contribution is -2.52. The molecular formula is C23H24N4O3. The predicted molar refractivity (Wildman–Crippen MR) is 112 cm³/mol. The Hall–Kier alpha value is -3.19. The van der Waals surface area contributed by atoms with Crippen LogP contribution in [0.15, 0.2) is 36.4 Å². The van der Waals surface area contributed by atoms with Gasteiger partial charge in [-0.1, -0.05) is 24.3 Å². The van der Waals surface area contributed by atoms with Crippen molar-refractivity contribution in [2.24, 2.45) is 0 Å². The molecule has 7 nitrogen and oxygen atoms in total. The Morgan fingerprint density at radius 1 is 1.03 bits per heavy atom. The van der Waals surface area contributed by atoms with E-state index in [9.17, 15) is 14.4 Å². The van der Waals surface area contributed by atoms with Crippen molar-refractivity contribution in [1.29, 1.82) is 0 Å². The van der Waals surface area contributed by atoms with E-state index in [-0.39, 0.29) is 24.1 Å². The zero-order valence-corrected chi connectivity index (χ0v) is 16.7. The first-order valence-electron chi connectivity index (χ1n) is 10.4. The molecule has 2 aromatic carbocycles. The quantitative estimate of drug-likeness (QED) is 0.675. The number of benzene rings is 2. The number of anilines is 1. The molecule has 0 aliphatic carbocycles.